The third kappa shape index (κ3) is 3.37. The monoisotopic (exact) mass is 405 g/mol. The normalized spacial score (nSPS) is 12.0. The van der Waals surface area contributed by atoms with Crippen LogP contribution in [0.15, 0.2) is 60.0 Å². The molecule has 138 valence electrons. The molecule has 0 aliphatic rings. The molecule has 0 fully saturated rings. The van der Waals surface area contributed by atoms with Gasteiger partial charge in [0, 0.05) is 38.6 Å². The smallest absolute Gasteiger partial charge is 0.340 e. The maximum absolute atomic E-state index is 13.3. The van der Waals surface area contributed by atoms with Crippen LogP contribution in [0.3, 0.4) is 0 Å². The van der Waals surface area contributed by atoms with Gasteiger partial charge in [-0.1, -0.05) is 29.8 Å². The summed E-state index contributed by atoms with van der Waals surface area (Å²) in [5.74, 6) is 0. The van der Waals surface area contributed by atoms with Crippen molar-refractivity contribution in [3.05, 3.63) is 81.8 Å². The van der Waals surface area contributed by atoms with Crippen LogP contribution in [0.2, 0.25) is 5.02 Å². The quantitative estimate of drug-likeness (QED) is 0.334. The first-order chi connectivity index (χ1) is 12.8. The highest BCUT2D eigenvalue weighted by atomic mass is 35.5. The van der Waals surface area contributed by atoms with E-state index in [9.17, 15) is 13.2 Å². The van der Waals surface area contributed by atoms with Gasteiger partial charge in [-0.2, -0.15) is 13.2 Å². The second-order valence-electron chi connectivity index (χ2n) is 6.38. The van der Waals surface area contributed by atoms with Gasteiger partial charge in [0.1, 0.15) is 0 Å². The summed E-state index contributed by atoms with van der Waals surface area (Å²) >= 11 is 7.49. The van der Waals surface area contributed by atoms with Crippen LogP contribution in [0, 0.1) is 6.92 Å². The van der Waals surface area contributed by atoms with Crippen molar-refractivity contribution in [2.24, 2.45) is 0 Å². The van der Waals surface area contributed by atoms with Gasteiger partial charge in [-0.3, -0.25) is 0 Å². The predicted molar refractivity (Wildman–Crippen MR) is 106 cm³/mol. The topological polar surface area (TPSA) is 4.93 Å². The van der Waals surface area contributed by atoms with Crippen molar-refractivity contribution in [1.29, 1.82) is 0 Å². The lowest BCUT2D eigenvalue weighted by atomic mass is 10.1. The number of halogens is 4. The fourth-order valence-electron chi connectivity index (χ4n) is 3.37. The molecule has 0 unspecified atom stereocenters. The van der Waals surface area contributed by atoms with Crippen molar-refractivity contribution in [2.45, 2.75) is 19.6 Å². The molecule has 0 radical (unpaired) electrons. The van der Waals surface area contributed by atoms with E-state index in [0.29, 0.717) is 17.0 Å². The molecule has 0 saturated carbocycles. The zero-order valence-corrected chi connectivity index (χ0v) is 15.9. The van der Waals surface area contributed by atoms with Crippen LogP contribution in [0.1, 0.15) is 16.8 Å². The van der Waals surface area contributed by atoms with E-state index in [-0.39, 0.29) is 0 Å². The van der Waals surface area contributed by atoms with E-state index >= 15 is 0 Å². The Morgan fingerprint density at radius 3 is 2.41 bits per heavy atom. The predicted octanol–water partition coefficient (Wildman–Crippen LogP) is 7.40. The van der Waals surface area contributed by atoms with Gasteiger partial charge in [0.2, 0.25) is 0 Å². The summed E-state index contributed by atoms with van der Waals surface area (Å²) in [6.07, 6.45) is -4.37. The van der Waals surface area contributed by atoms with Crippen LogP contribution in [-0.2, 0) is 12.7 Å². The number of hydrogen-bond acceptors (Lipinski definition) is 1. The number of hydrogen-bond donors (Lipinski definition) is 0. The van der Waals surface area contributed by atoms with E-state index in [1.807, 2.05) is 48.7 Å². The van der Waals surface area contributed by atoms with Crippen LogP contribution < -0.4 is 0 Å². The second-order valence-corrected chi connectivity index (χ2v) is 7.76. The van der Waals surface area contributed by atoms with E-state index in [1.165, 1.54) is 17.4 Å². The Balaban J connectivity index is 1.93. The van der Waals surface area contributed by atoms with Crippen LogP contribution in [0.4, 0.5) is 13.2 Å². The summed E-state index contributed by atoms with van der Waals surface area (Å²) in [6.45, 7) is 2.52. The molecule has 27 heavy (non-hydrogen) atoms. The summed E-state index contributed by atoms with van der Waals surface area (Å²) in [4.78, 5) is 0.965. The Bertz CT molecular complexity index is 1090. The molecule has 0 aliphatic heterocycles. The molecule has 4 aromatic rings. The van der Waals surface area contributed by atoms with Crippen molar-refractivity contribution in [2.75, 3.05) is 0 Å². The van der Waals surface area contributed by atoms with Gasteiger partial charge in [0.05, 0.1) is 5.56 Å². The van der Waals surface area contributed by atoms with Gasteiger partial charge in [-0.25, -0.2) is 0 Å². The number of nitrogens with zero attached hydrogens (tertiary/aromatic N) is 1. The fourth-order valence-corrected chi connectivity index (χ4v) is 4.33. The number of rotatable bonds is 3. The van der Waals surface area contributed by atoms with Crippen molar-refractivity contribution < 1.29 is 13.2 Å². The summed E-state index contributed by atoms with van der Waals surface area (Å²) in [6, 6.07) is 15.3. The Labute approximate surface area is 163 Å². The summed E-state index contributed by atoms with van der Waals surface area (Å²) in [5, 5.41) is 3.21. The van der Waals surface area contributed by atoms with Gasteiger partial charge < -0.3 is 4.57 Å². The largest absolute Gasteiger partial charge is 0.416 e. The minimum Gasteiger partial charge on any atom is -0.340 e. The van der Waals surface area contributed by atoms with Crippen LogP contribution in [-0.4, -0.2) is 4.57 Å². The lowest BCUT2D eigenvalue weighted by Crippen LogP contribution is -2.05. The zero-order valence-electron chi connectivity index (χ0n) is 14.3. The third-order valence-corrected chi connectivity index (χ3v) is 5.81. The molecule has 0 saturated heterocycles. The van der Waals surface area contributed by atoms with E-state index in [0.717, 1.165) is 33.3 Å². The van der Waals surface area contributed by atoms with Gasteiger partial charge in [0.25, 0.3) is 0 Å². The van der Waals surface area contributed by atoms with Crippen molar-refractivity contribution in [3.8, 4) is 10.4 Å². The molecule has 0 N–H and O–H groups in total. The third-order valence-electron chi connectivity index (χ3n) is 4.67. The summed E-state index contributed by atoms with van der Waals surface area (Å²) in [7, 11) is 0. The lowest BCUT2D eigenvalue weighted by molar-refractivity contribution is -0.137. The van der Waals surface area contributed by atoms with E-state index in [2.05, 4.69) is 4.57 Å². The standard InChI is InChI=1S/C21H15ClF3NS/c1-13-20(19-3-2-10-27-19)17-11-15(21(23,24)25)6-9-18(17)26(13)12-14-4-7-16(22)8-5-14/h2-11H,12H2,1H3. The first-order valence-corrected chi connectivity index (χ1v) is 9.59. The molecule has 0 aliphatic carbocycles. The zero-order chi connectivity index (χ0) is 19.2. The fraction of sp³-hybridized carbons (Fsp3) is 0.143. The van der Waals surface area contributed by atoms with Crippen molar-refractivity contribution >= 4 is 33.8 Å². The maximum atomic E-state index is 13.3. The van der Waals surface area contributed by atoms with Crippen LogP contribution in [0.5, 0.6) is 0 Å². The average Bonchev–Trinajstić information content (AvgIpc) is 3.23. The molecule has 0 bridgehead atoms. The Kier molecular flexibility index (Phi) is 4.52. The van der Waals surface area contributed by atoms with Gasteiger partial charge >= 0.3 is 6.18 Å². The van der Waals surface area contributed by atoms with Crippen molar-refractivity contribution in [3.63, 3.8) is 0 Å². The molecule has 6 heteroatoms. The Hall–Kier alpha value is -2.24. The molecule has 2 aromatic carbocycles. The van der Waals surface area contributed by atoms with E-state index in [1.54, 1.807) is 6.07 Å². The molecular weight excluding hydrogens is 391 g/mol. The van der Waals surface area contributed by atoms with Gasteiger partial charge in [0.15, 0.2) is 0 Å². The Morgan fingerprint density at radius 2 is 1.78 bits per heavy atom. The van der Waals surface area contributed by atoms with E-state index in [4.69, 9.17) is 11.6 Å². The SMILES string of the molecule is Cc1c(-c2cccs2)c2cc(C(F)(F)F)ccc2n1Cc1ccc(Cl)cc1. The number of aromatic nitrogens is 1. The number of thiophene rings is 1. The van der Waals surface area contributed by atoms with E-state index < -0.39 is 11.7 Å². The van der Waals surface area contributed by atoms with Gasteiger partial charge in [-0.05, 0) is 54.3 Å². The molecule has 0 spiro atoms. The number of fused-ring (bicyclic) bond motifs is 1. The van der Waals surface area contributed by atoms with Crippen molar-refractivity contribution in [1.82, 2.24) is 4.57 Å². The molecule has 2 heterocycles. The summed E-state index contributed by atoms with van der Waals surface area (Å²) in [5.41, 5.74) is 3.01. The Morgan fingerprint density at radius 1 is 1.04 bits per heavy atom. The minimum atomic E-state index is -4.37. The molecule has 1 nitrogen and oxygen atoms in total. The maximum Gasteiger partial charge on any atom is 0.416 e. The molecule has 4 rings (SSSR count). The molecule has 0 atom stereocenters. The lowest BCUT2D eigenvalue weighted by Gasteiger charge is -2.10. The molecule has 2 aromatic heterocycles. The molecular formula is C21H15ClF3NS. The summed E-state index contributed by atoms with van der Waals surface area (Å²) < 4.78 is 41.9. The highest BCUT2D eigenvalue weighted by molar-refractivity contribution is 7.13. The molecule has 0 amide bonds. The second kappa shape index (κ2) is 6.73. The average molecular weight is 406 g/mol. The van der Waals surface area contributed by atoms with Crippen LogP contribution >= 0.6 is 22.9 Å². The highest BCUT2D eigenvalue weighted by Gasteiger charge is 2.31. The van der Waals surface area contributed by atoms with Crippen LogP contribution in [0.25, 0.3) is 21.3 Å². The number of benzene rings is 2. The minimum absolute atomic E-state index is 0.566. The van der Waals surface area contributed by atoms with Gasteiger partial charge in [-0.15, -0.1) is 11.3 Å². The first-order valence-electron chi connectivity index (χ1n) is 8.33. The first kappa shape index (κ1) is 18.1. The number of alkyl halides is 3. The highest BCUT2D eigenvalue weighted by Crippen LogP contribution is 2.40.